The third-order valence-electron chi connectivity index (χ3n) is 9.10. The van der Waals surface area contributed by atoms with E-state index in [0.29, 0.717) is 17.4 Å². The quantitative estimate of drug-likeness (QED) is 0.0253. The van der Waals surface area contributed by atoms with Crippen molar-refractivity contribution in [2.75, 3.05) is 40.9 Å². The summed E-state index contributed by atoms with van der Waals surface area (Å²) in [6.07, 6.45) is 40.6. The minimum atomic E-state index is -4.33. The van der Waals surface area contributed by atoms with E-state index in [0.717, 1.165) is 51.4 Å². The highest BCUT2D eigenvalue weighted by Gasteiger charge is 2.27. The summed E-state index contributed by atoms with van der Waals surface area (Å²) in [4.78, 5) is 23.0. The molecule has 0 aromatic rings. The van der Waals surface area contributed by atoms with Gasteiger partial charge in [-0.15, -0.1) is 0 Å². The molecule has 0 aliphatic rings. The fourth-order valence-corrected chi connectivity index (χ4v) is 6.45. The molecule has 51 heavy (non-hydrogen) atoms. The summed E-state index contributed by atoms with van der Waals surface area (Å²) in [7, 11) is 1.56. The van der Waals surface area contributed by atoms with E-state index in [9.17, 15) is 19.4 Å². The number of nitrogens with one attached hydrogen (secondary N) is 1. The lowest BCUT2D eigenvalue weighted by Crippen LogP contribution is -2.45. The van der Waals surface area contributed by atoms with Crippen molar-refractivity contribution >= 4 is 13.7 Å². The molecule has 300 valence electrons. The Morgan fingerprint density at radius 1 is 0.667 bits per heavy atom. The summed E-state index contributed by atoms with van der Waals surface area (Å²) in [6, 6.07) is -0.847. The number of unbranched alkanes of at least 4 members (excludes halogenated alkanes) is 20. The molecular formula is C42H82N2O6P+. The van der Waals surface area contributed by atoms with Gasteiger partial charge in [0.25, 0.3) is 0 Å². The molecule has 1 amide bonds. The van der Waals surface area contributed by atoms with E-state index in [1.807, 2.05) is 27.2 Å². The summed E-state index contributed by atoms with van der Waals surface area (Å²) in [5.74, 6) is -0.188. The molecule has 0 saturated heterocycles. The van der Waals surface area contributed by atoms with Crippen molar-refractivity contribution in [3.05, 3.63) is 36.5 Å². The fourth-order valence-electron chi connectivity index (χ4n) is 5.72. The van der Waals surface area contributed by atoms with Crippen LogP contribution >= 0.6 is 7.82 Å². The lowest BCUT2D eigenvalue weighted by atomic mass is 10.1. The van der Waals surface area contributed by atoms with Gasteiger partial charge in [0.1, 0.15) is 13.2 Å². The van der Waals surface area contributed by atoms with Crippen LogP contribution in [0.25, 0.3) is 0 Å². The molecule has 3 atom stereocenters. The number of allylic oxidation sites excluding steroid dienone is 5. The monoisotopic (exact) mass is 742 g/mol. The van der Waals surface area contributed by atoms with E-state index in [1.54, 1.807) is 6.08 Å². The average Bonchev–Trinajstić information content (AvgIpc) is 3.07. The third-order valence-corrected chi connectivity index (χ3v) is 10.1. The van der Waals surface area contributed by atoms with Gasteiger partial charge in [0.05, 0.1) is 39.9 Å². The van der Waals surface area contributed by atoms with Gasteiger partial charge in [-0.1, -0.05) is 153 Å². The fraction of sp³-hybridized carbons (Fsp3) is 0.833. The lowest BCUT2D eigenvalue weighted by Gasteiger charge is -2.25. The Morgan fingerprint density at radius 2 is 1.12 bits per heavy atom. The molecule has 0 bridgehead atoms. The Morgan fingerprint density at radius 3 is 1.65 bits per heavy atom. The number of likely N-dealkylation sites (N-methyl/N-ethyl adjacent to an activating group) is 1. The number of aliphatic hydroxyl groups excluding tert-OH is 1. The third kappa shape index (κ3) is 36.9. The van der Waals surface area contributed by atoms with Crippen molar-refractivity contribution in [3.63, 3.8) is 0 Å². The molecule has 9 heteroatoms. The van der Waals surface area contributed by atoms with E-state index < -0.39 is 20.0 Å². The predicted molar refractivity (Wildman–Crippen MR) is 217 cm³/mol. The van der Waals surface area contributed by atoms with E-state index >= 15 is 0 Å². The number of phosphoric ester groups is 1. The molecule has 0 heterocycles. The minimum Gasteiger partial charge on any atom is -0.387 e. The Hall–Kier alpha value is -1.28. The maximum Gasteiger partial charge on any atom is 0.472 e. The first-order chi connectivity index (χ1) is 24.5. The van der Waals surface area contributed by atoms with Crippen LogP contribution in [0.3, 0.4) is 0 Å². The Kier molecular flexibility index (Phi) is 33.6. The molecular weight excluding hydrogens is 659 g/mol. The molecule has 0 aliphatic carbocycles. The Bertz CT molecular complexity index is 933. The highest BCUT2D eigenvalue weighted by Crippen LogP contribution is 2.43. The molecule has 0 aromatic heterocycles. The molecule has 0 saturated carbocycles. The molecule has 3 unspecified atom stereocenters. The molecule has 0 aliphatic heterocycles. The second-order valence-electron chi connectivity index (χ2n) is 15.4. The van der Waals surface area contributed by atoms with Gasteiger partial charge in [-0.3, -0.25) is 13.8 Å². The number of phosphoric acid groups is 1. The van der Waals surface area contributed by atoms with E-state index in [2.05, 4.69) is 43.5 Å². The van der Waals surface area contributed by atoms with Crippen LogP contribution in [0.1, 0.15) is 174 Å². The van der Waals surface area contributed by atoms with Gasteiger partial charge in [-0.05, 0) is 51.4 Å². The predicted octanol–water partition coefficient (Wildman–Crippen LogP) is 11.1. The maximum absolute atomic E-state index is 12.8. The van der Waals surface area contributed by atoms with Crippen LogP contribution in [0.4, 0.5) is 0 Å². The van der Waals surface area contributed by atoms with Gasteiger partial charge >= 0.3 is 7.82 Å². The van der Waals surface area contributed by atoms with Crippen LogP contribution < -0.4 is 5.32 Å². The first-order valence-corrected chi connectivity index (χ1v) is 22.4. The zero-order valence-electron chi connectivity index (χ0n) is 33.8. The van der Waals surface area contributed by atoms with E-state index in [-0.39, 0.29) is 19.1 Å². The molecule has 0 rings (SSSR count). The topological polar surface area (TPSA) is 105 Å². The second kappa shape index (κ2) is 34.5. The first-order valence-electron chi connectivity index (χ1n) is 20.9. The van der Waals surface area contributed by atoms with Gasteiger partial charge in [0.15, 0.2) is 0 Å². The van der Waals surface area contributed by atoms with Crippen LogP contribution in [0, 0.1) is 0 Å². The van der Waals surface area contributed by atoms with Crippen LogP contribution in [0.2, 0.25) is 0 Å². The summed E-state index contributed by atoms with van der Waals surface area (Å²) in [5, 5.41) is 13.8. The number of quaternary nitrogens is 1. The molecule has 8 nitrogen and oxygen atoms in total. The number of hydrogen-bond acceptors (Lipinski definition) is 5. The number of carbonyl (C=O) groups is 1. The summed E-state index contributed by atoms with van der Waals surface area (Å²) in [6.45, 7) is 4.76. The Balaban J connectivity index is 4.47. The number of hydrogen-bond donors (Lipinski definition) is 3. The van der Waals surface area contributed by atoms with Crippen molar-refractivity contribution < 1.29 is 32.9 Å². The Labute approximate surface area is 315 Å². The van der Waals surface area contributed by atoms with Crippen molar-refractivity contribution in [3.8, 4) is 0 Å². The van der Waals surface area contributed by atoms with Crippen LogP contribution in [0.15, 0.2) is 36.5 Å². The molecule has 0 aromatic carbocycles. The van der Waals surface area contributed by atoms with Crippen molar-refractivity contribution in [1.29, 1.82) is 0 Å². The number of carbonyl (C=O) groups excluding carboxylic acids is 1. The van der Waals surface area contributed by atoms with Crippen LogP contribution in [-0.4, -0.2) is 73.4 Å². The number of rotatable bonds is 37. The van der Waals surface area contributed by atoms with Gasteiger partial charge in [-0.25, -0.2) is 4.57 Å². The van der Waals surface area contributed by atoms with Gasteiger partial charge in [0, 0.05) is 6.42 Å². The molecule has 0 fully saturated rings. The largest absolute Gasteiger partial charge is 0.472 e. The van der Waals surface area contributed by atoms with Gasteiger partial charge in [-0.2, -0.15) is 0 Å². The lowest BCUT2D eigenvalue weighted by molar-refractivity contribution is -0.870. The van der Waals surface area contributed by atoms with Gasteiger partial charge < -0.3 is 19.8 Å². The summed E-state index contributed by atoms with van der Waals surface area (Å²) < 4.78 is 23.5. The van der Waals surface area contributed by atoms with E-state index in [4.69, 9.17) is 9.05 Å². The number of aliphatic hydroxyl groups is 1. The van der Waals surface area contributed by atoms with Gasteiger partial charge in [0.2, 0.25) is 5.91 Å². The van der Waals surface area contributed by atoms with Crippen LogP contribution in [-0.2, 0) is 18.4 Å². The van der Waals surface area contributed by atoms with Crippen molar-refractivity contribution in [2.45, 2.75) is 187 Å². The minimum absolute atomic E-state index is 0.0593. The van der Waals surface area contributed by atoms with Crippen molar-refractivity contribution in [2.24, 2.45) is 0 Å². The first kappa shape index (κ1) is 49.7. The normalized spacial score (nSPS) is 14.9. The standard InChI is InChI=1S/C42H81N2O6P/c1-6-8-10-12-14-16-18-20-21-22-23-24-26-28-30-32-34-36-42(46)43-40(39-50-51(47,48)49-38-37-44(3,4)5)41(45)35-33-31-29-27-25-19-17-15-13-11-9-7-2/h14,16,20-21,33,35,40-41,45H,6-13,15,17-19,22-32,34,36-39H2,1-5H3,(H-,43,46,47,48)/p+1/b16-14-,21-20-,35-33+. The molecule has 3 N–H and O–H groups in total. The molecule has 0 radical (unpaired) electrons. The maximum atomic E-state index is 12.8. The second-order valence-corrected chi connectivity index (χ2v) is 16.8. The average molecular weight is 742 g/mol. The zero-order chi connectivity index (χ0) is 37.9. The smallest absolute Gasteiger partial charge is 0.387 e. The van der Waals surface area contributed by atoms with E-state index in [1.165, 1.54) is 103 Å². The van der Waals surface area contributed by atoms with Crippen molar-refractivity contribution in [1.82, 2.24) is 5.32 Å². The highest BCUT2D eigenvalue weighted by atomic mass is 31.2. The summed E-state index contributed by atoms with van der Waals surface area (Å²) in [5.41, 5.74) is 0. The van der Waals surface area contributed by atoms with Crippen LogP contribution in [0.5, 0.6) is 0 Å². The number of amides is 1. The highest BCUT2D eigenvalue weighted by molar-refractivity contribution is 7.47. The molecule has 0 spiro atoms. The number of nitrogens with zero attached hydrogens (tertiary/aromatic N) is 1. The zero-order valence-corrected chi connectivity index (χ0v) is 34.7. The SMILES string of the molecule is CCCCC/C=C\C/C=C\CCCCCCCCCC(=O)NC(COP(=O)(O)OCC[N+](C)(C)C)C(O)/C=C/CCCCCCCCCCCC. The summed E-state index contributed by atoms with van der Waals surface area (Å²) >= 11 is 0.